The van der Waals surface area contributed by atoms with Crippen LogP contribution in [0.15, 0.2) is 159 Å². The monoisotopic (exact) mass is 1010 g/mol. The average Bonchev–Trinajstić information content (AvgIpc) is 4.02. The van der Waals surface area contributed by atoms with Gasteiger partial charge in [0.2, 0.25) is 0 Å². The molecule has 1 aliphatic rings. The van der Waals surface area contributed by atoms with Crippen molar-refractivity contribution in [3.05, 3.63) is 170 Å². The van der Waals surface area contributed by atoms with Gasteiger partial charge in [0.05, 0.1) is 21.9 Å². The topological polar surface area (TPSA) is 258 Å². The number of imide groups is 1. The van der Waals surface area contributed by atoms with E-state index in [1.165, 1.54) is 36.9 Å². The van der Waals surface area contributed by atoms with Crippen LogP contribution in [0.1, 0.15) is 59.2 Å². The normalized spacial score (nSPS) is 11.4. The van der Waals surface area contributed by atoms with E-state index < -0.39 is 0 Å². The molecule has 1 aliphatic heterocycles. The Kier molecular flexibility index (Phi) is 19.8. The first-order chi connectivity index (χ1) is 33.4. The molecule has 2 amide bonds. The lowest BCUT2D eigenvalue weighted by molar-refractivity contribution is 0.0649. The van der Waals surface area contributed by atoms with E-state index in [1.54, 1.807) is 30.6 Å². The molecule has 9 aromatic rings. The van der Waals surface area contributed by atoms with Crippen molar-refractivity contribution in [3.8, 4) is 45.3 Å². The summed E-state index contributed by atoms with van der Waals surface area (Å²) >= 11 is 0. The fourth-order valence-corrected chi connectivity index (χ4v) is 8.51. The molecule has 0 bridgehead atoms. The number of carbonyl (C=O) groups excluding carboxylic acids is 2. The molecule has 10 N–H and O–H groups in total. The number of aryl methyl sites for hydroxylation is 1. The van der Waals surface area contributed by atoms with E-state index in [0.29, 0.717) is 40.7 Å². The Morgan fingerprint density at radius 1 is 0.431 bits per heavy atom. The van der Waals surface area contributed by atoms with Gasteiger partial charge in [0.1, 0.15) is 58.6 Å². The molecule has 0 spiro atoms. The van der Waals surface area contributed by atoms with Crippen LogP contribution in [0.4, 0.5) is 11.6 Å². The summed E-state index contributed by atoms with van der Waals surface area (Å²) in [7, 11) is 0. The van der Waals surface area contributed by atoms with Crippen molar-refractivity contribution < 1.29 is 30.0 Å². The van der Waals surface area contributed by atoms with Crippen LogP contribution in [0, 0.1) is 0 Å². The predicted molar refractivity (Wildman–Crippen MR) is 288 cm³/mol. The third kappa shape index (κ3) is 12.4. The summed E-state index contributed by atoms with van der Waals surface area (Å²) in [6.45, 7) is 2.29. The van der Waals surface area contributed by atoms with Crippen molar-refractivity contribution in [2.45, 2.75) is 51.6 Å². The molecule has 5 aromatic carbocycles. The van der Waals surface area contributed by atoms with Crippen LogP contribution in [-0.2, 0) is 13.1 Å². The van der Waals surface area contributed by atoms with E-state index in [9.17, 15) is 9.59 Å². The minimum Gasteiger partial charge on any atom is -0.457 e. The number of hydrogen-bond acceptors (Lipinski definition) is 11. The van der Waals surface area contributed by atoms with Crippen LogP contribution in [0.3, 0.4) is 0 Å². The summed E-state index contributed by atoms with van der Waals surface area (Å²) in [5, 5.41) is 1.63. The highest BCUT2D eigenvalue weighted by Gasteiger charge is 2.35. The standard InChI is InChI=1S/C28H21N5O3.C26H31N5O.2ClH.2H2O/c29-25-24-23(18-10-12-20(13-11-18)36-19-6-2-1-3-7-19)16-32(26(24)31-17-30-25)14-15-33-27(34)21-8-4-5-9-22(21)28(33)35;27-16-8-3-1-2-4-9-17-31-18-23(24-25(28)29-19-30-26(24)31)20-12-14-22(15-13-20)32-21-10-6-5-7-11-21;;;;/h1-13,16-17H,14-15H2,(H2,29,30,31);5-7,10-15,18-19H,1-4,8-9,16-17,27H2,(H2,28,29,30);2*1H;2*1H2. The Morgan fingerprint density at radius 3 is 1.26 bits per heavy atom. The molecule has 0 saturated carbocycles. The molecule has 72 heavy (non-hydrogen) atoms. The predicted octanol–water partition coefficient (Wildman–Crippen LogP) is 9.74. The maximum absolute atomic E-state index is 12.8. The van der Waals surface area contributed by atoms with Crippen molar-refractivity contribution in [2.24, 2.45) is 5.73 Å². The van der Waals surface area contributed by atoms with Gasteiger partial charge in [-0.3, -0.25) is 14.5 Å². The van der Waals surface area contributed by atoms with Crippen LogP contribution >= 0.6 is 24.8 Å². The number of anilines is 2. The second-order valence-electron chi connectivity index (χ2n) is 16.5. The van der Waals surface area contributed by atoms with Gasteiger partial charge < -0.3 is 46.8 Å². The fraction of sp³-hybridized carbons (Fsp3) is 0.185. The average molecular weight is 1010 g/mol. The van der Waals surface area contributed by atoms with Crippen molar-refractivity contribution in [2.75, 3.05) is 24.6 Å². The zero-order valence-electron chi connectivity index (χ0n) is 39.4. The number of nitrogens with zero attached hydrogens (tertiary/aromatic N) is 7. The van der Waals surface area contributed by atoms with E-state index >= 15 is 0 Å². The lowest BCUT2D eigenvalue weighted by Gasteiger charge is -2.14. The Labute approximate surface area is 429 Å². The second-order valence-corrected chi connectivity index (χ2v) is 16.5. The van der Waals surface area contributed by atoms with Gasteiger partial charge in [-0.15, -0.1) is 24.8 Å². The molecule has 10 rings (SSSR count). The molecule has 18 heteroatoms. The van der Waals surface area contributed by atoms with Crippen LogP contribution in [-0.4, -0.2) is 69.8 Å². The summed E-state index contributed by atoms with van der Waals surface area (Å²) in [6, 6.07) is 42.0. The molecule has 374 valence electrons. The van der Waals surface area contributed by atoms with Gasteiger partial charge in [0.25, 0.3) is 11.8 Å². The molecule has 16 nitrogen and oxygen atoms in total. The first-order valence-corrected chi connectivity index (χ1v) is 22.9. The van der Waals surface area contributed by atoms with E-state index in [2.05, 4.69) is 42.8 Å². The van der Waals surface area contributed by atoms with Gasteiger partial charge in [-0.2, -0.15) is 0 Å². The van der Waals surface area contributed by atoms with Gasteiger partial charge >= 0.3 is 0 Å². The third-order valence-electron chi connectivity index (χ3n) is 12.0. The van der Waals surface area contributed by atoms with Crippen LogP contribution in [0.5, 0.6) is 23.0 Å². The lowest BCUT2D eigenvalue weighted by Crippen LogP contribution is -2.32. The van der Waals surface area contributed by atoms with Gasteiger partial charge in [0.15, 0.2) is 0 Å². The number of nitrogens with two attached hydrogens (primary N) is 3. The number of carbonyl (C=O) groups is 2. The smallest absolute Gasteiger partial charge is 0.261 e. The SMILES string of the molecule is Cl.Cl.NCCCCCCCCn1cc(-c2ccc(Oc3ccccc3)cc2)c2c(N)ncnc21.Nc1ncnc2c1c(-c1ccc(Oc3ccccc3)cc1)cn2CCN1C(=O)c2ccccc2C1=O.O.O. The number of halogens is 2. The van der Waals surface area contributed by atoms with Crippen molar-refractivity contribution in [3.63, 3.8) is 0 Å². The largest absolute Gasteiger partial charge is 0.457 e. The number of para-hydroxylation sites is 2. The van der Waals surface area contributed by atoms with Crippen LogP contribution in [0.25, 0.3) is 44.3 Å². The lowest BCUT2D eigenvalue weighted by atomic mass is 10.1. The van der Waals surface area contributed by atoms with Crippen LogP contribution in [0.2, 0.25) is 0 Å². The summed E-state index contributed by atoms with van der Waals surface area (Å²) < 4.78 is 15.9. The molecule has 0 radical (unpaired) electrons. The number of amides is 2. The van der Waals surface area contributed by atoms with E-state index in [0.717, 1.165) is 81.9 Å². The zero-order valence-corrected chi connectivity index (χ0v) is 41.0. The molecular formula is C54H58Cl2N10O6. The summed E-state index contributed by atoms with van der Waals surface area (Å²) in [5.74, 6) is 3.39. The Balaban J connectivity index is 0.000000255. The highest BCUT2D eigenvalue weighted by Crippen LogP contribution is 2.36. The number of fused-ring (bicyclic) bond motifs is 3. The second kappa shape index (κ2) is 25.8. The third-order valence-corrected chi connectivity index (χ3v) is 12.0. The number of hydrogen-bond donors (Lipinski definition) is 3. The van der Waals surface area contributed by atoms with E-state index in [4.69, 9.17) is 26.7 Å². The van der Waals surface area contributed by atoms with Crippen molar-refractivity contribution in [1.82, 2.24) is 34.0 Å². The number of unbranched alkanes of at least 4 members (excludes halogenated alkanes) is 5. The molecule has 0 atom stereocenters. The molecule has 4 aromatic heterocycles. The number of aromatic nitrogens is 6. The molecule has 0 fully saturated rings. The van der Waals surface area contributed by atoms with Gasteiger partial charge in [-0.05, 0) is 91.2 Å². The highest BCUT2D eigenvalue weighted by molar-refractivity contribution is 6.21. The number of nitrogen functional groups attached to an aromatic ring is 2. The summed E-state index contributed by atoms with van der Waals surface area (Å²) in [5.41, 5.74) is 24.4. The zero-order chi connectivity index (χ0) is 46.8. The molecule has 0 unspecified atom stereocenters. The minimum atomic E-state index is -0.282. The van der Waals surface area contributed by atoms with E-state index in [-0.39, 0.29) is 54.1 Å². The molecule has 5 heterocycles. The molecule has 0 aliphatic carbocycles. The van der Waals surface area contributed by atoms with Crippen LogP contribution < -0.4 is 26.7 Å². The van der Waals surface area contributed by atoms with Gasteiger partial charge in [0, 0.05) is 43.2 Å². The number of benzene rings is 5. The first kappa shape index (κ1) is 55.1. The summed E-state index contributed by atoms with van der Waals surface area (Å²) in [6.07, 6.45) is 14.2. The highest BCUT2D eigenvalue weighted by atomic mass is 35.5. The Morgan fingerprint density at radius 2 is 0.819 bits per heavy atom. The summed E-state index contributed by atoms with van der Waals surface area (Å²) in [4.78, 5) is 44.2. The minimum absolute atomic E-state index is 0. The quantitative estimate of drug-likeness (QED) is 0.0571. The number of rotatable bonds is 17. The van der Waals surface area contributed by atoms with Crippen molar-refractivity contribution >= 4 is 70.3 Å². The van der Waals surface area contributed by atoms with Gasteiger partial charge in [-0.1, -0.05) is 98.5 Å². The van der Waals surface area contributed by atoms with E-state index in [1.807, 2.05) is 108 Å². The Bertz CT molecular complexity index is 3140. The van der Waals surface area contributed by atoms with Crippen molar-refractivity contribution in [1.29, 1.82) is 0 Å². The Hall–Kier alpha value is -7.86. The fourth-order valence-electron chi connectivity index (χ4n) is 8.51. The number of ether oxygens (including phenoxy) is 2. The maximum atomic E-state index is 12.8. The molecular weight excluding hydrogens is 956 g/mol. The first-order valence-electron chi connectivity index (χ1n) is 22.9. The van der Waals surface area contributed by atoms with Gasteiger partial charge in [-0.25, -0.2) is 19.9 Å². The molecule has 0 saturated heterocycles. The maximum Gasteiger partial charge on any atom is 0.261 e.